The second-order valence-corrected chi connectivity index (χ2v) is 7.83. The van der Waals surface area contributed by atoms with Crippen molar-refractivity contribution in [1.29, 1.82) is 0 Å². The second kappa shape index (κ2) is 12.1. The zero-order valence-corrected chi connectivity index (χ0v) is 20.3. The molecule has 0 aliphatic rings. The third kappa shape index (κ3) is 6.21. The summed E-state index contributed by atoms with van der Waals surface area (Å²) in [4.78, 5) is 25.1. The molecular formula is C25H27ClN4O5. The summed E-state index contributed by atoms with van der Waals surface area (Å²) in [7, 11) is 4.43. The maximum atomic E-state index is 13.3. The molecule has 3 aromatic rings. The van der Waals surface area contributed by atoms with Gasteiger partial charge in [0.15, 0.2) is 11.5 Å². The summed E-state index contributed by atoms with van der Waals surface area (Å²) in [5, 5.41) is 6.53. The smallest absolute Gasteiger partial charge is 0.255 e. The Kier molecular flexibility index (Phi) is 8.91. The summed E-state index contributed by atoms with van der Waals surface area (Å²) in [6.07, 6.45) is 0. The van der Waals surface area contributed by atoms with Gasteiger partial charge < -0.3 is 19.5 Å². The van der Waals surface area contributed by atoms with Crippen LogP contribution in [0, 0.1) is 0 Å². The number of hydrogen-bond acceptors (Lipinski definition) is 7. The molecule has 184 valence electrons. The van der Waals surface area contributed by atoms with E-state index < -0.39 is 11.9 Å². The third-order valence-electron chi connectivity index (χ3n) is 5.26. The molecule has 0 aromatic heterocycles. The van der Waals surface area contributed by atoms with Crippen molar-refractivity contribution in [2.45, 2.75) is 6.04 Å². The molecule has 0 saturated carbocycles. The van der Waals surface area contributed by atoms with Gasteiger partial charge in [-0.15, -0.1) is 0 Å². The van der Waals surface area contributed by atoms with Crippen LogP contribution in [-0.4, -0.2) is 39.7 Å². The summed E-state index contributed by atoms with van der Waals surface area (Å²) in [6.45, 7) is -0.0427. The van der Waals surface area contributed by atoms with Crippen LogP contribution in [0.4, 0.5) is 5.69 Å². The van der Waals surface area contributed by atoms with E-state index in [1.165, 1.54) is 21.3 Å². The Morgan fingerprint density at radius 3 is 2.17 bits per heavy atom. The monoisotopic (exact) mass is 498 g/mol. The van der Waals surface area contributed by atoms with Crippen molar-refractivity contribution in [1.82, 2.24) is 10.7 Å². The predicted octanol–water partition coefficient (Wildman–Crippen LogP) is 3.29. The number of benzene rings is 3. The Bertz CT molecular complexity index is 1160. The fraction of sp³-hybridized carbons (Fsp3) is 0.200. The number of hydrazine groups is 1. The van der Waals surface area contributed by atoms with Crippen molar-refractivity contribution in [3.8, 4) is 17.2 Å². The molecule has 0 aliphatic heterocycles. The van der Waals surface area contributed by atoms with Crippen LogP contribution >= 0.6 is 11.6 Å². The number of hydrogen-bond donors (Lipinski definition) is 4. The van der Waals surface area contributed by atoms with E-state index in [-0.39, 0.29) is 18.0 Å². The standard InChI is InChI=1S/C25H27ClN4O5/c1-33-20-11-16(12-21(34-2)24(20)35-3)25(32)29-19-13-17(26)9-10-18(19)23(28-14-22(31)30-27)15-7-5-4-6-8-15/h4-13,23,28H,14,27H2,1-3H3,(H,29,32)(H,30,31). The van der Waals surface area contributed by atoms with Gasteiger partial charge in [-0.2, -0.15) is 0 Å². The highest BCUT2D eigenvalue weighted by Gasteiger charge is 2.22. The Hall–Kier alpha value is -3.79. The molecule has 0 heterocycles. The first kappa shape index (κ1) is 25.8. The largest absolute Gasteiger partial charge is 0.493 e. The Morgan fingerprint density at radius 2 is 1.60 bits per heavy atom. The van der Waals surface area contributed by atoms with Gasteiger partial charge in [0.2, 0.25) is 11.7 Å². The predicted molar refractivity (Wildman–Crippen MR) is 134 cm³/mol. The normalized spacial score (nSPS) is 11.3. The number of amides is 2. The first-order valence-corrected chi connectivity index (χ1v) is 11.0. The minimum atomic E-state index is -0.444. The molecule has 0 fully saturated rings. The van der Waals surface area contributed by atoms with Crippen molar-refractivity contribution < 1.29 is 23.8 Å². The molecule has 3 rings (SSSR count). The van der Waals surface area contributed by atoms with Crippen molar-refractivity contribution in [2.24, 2.45) is 5.84 Å². The van der Waals surface area contributed by atoms with E-state index in [0.29, 0.717) is 33.5 Å². The van der Waals surface area contributed by atoms with Crippen LogP contribution in [0.1, 0.15) is 27.5 Å². The first-order valence-electron chi connectivity index (χ1n) is 10.6. The van der Waals surface area contributed by atoms with Gasteiger partial charge in [0.25, 0.3) is 5.91 Å². The number of halogens is 1. The summed E-state index contributed by atoms with van der Waals surface area (Å²) in [5.41, 5.74) is 4.44. The summed E-state index contributed by atoms with van der Waals surface area (Å²) < 4.78 is 16.1. The number of ether oxygens (including phenoxy) is 3. The highest BCUT2D eigenvalue weighted by Crippen LogP contribution is 2.39. The fourth-order valence-electron chi connectivity index (χ4n) is 3.59. The van der Waals surface area contributed by atoms with E-state index in [1.54, 1.807) is 30.3 Å². The van der Waals surface area contributed by atoms with Gasteiger partial charge in [0.1, 0.15) is 0 Å². The Morgan fingerprint density at radius 1 is 0.943 bits per heavy atom. The van der Waals surface area contributed by atoms with Crippen molar-refractivity contribution in [2.75, 3.05) is 33.2 Å². The number of nitrogens with two attached hydrogens (primary N) is 1. The van der Waals surface area contributed by atoms with Crippen molar-refractivity contribution in [3.63, 3.8) is 0 Å². The highest BCUT2D eigenvalue weighted by molar-refractivity contribution is 6.31. The van der Waals surface area contributed by atoms with E-state index in [0.717, 1.165) is 5.56 Å². The van der Waals surface area contributed by atoms with E-state index >= 15 is 0 Å². The lowest BCUT2D eigenvalue weighted by Crippen LogP contribution is -2.39. The van der Waals surface area contributed by atoms with Crippen molar-refractivity contribution in [3.05, 3.63) is 82.4 Å². The molecule has 3 aromatic carbocycles. The number of anilines is 1. The minimum absolute atomic E-state index is 0.0427. The van der Waals surface area contributed by atoms with Gasteiger partial charge in [-0.1, -0.05) is 48.0 Å². The van der Waals surface area contributed by atoms with Crippen LogP contribution in [0.3, 0.4) is 0 Å². The molecule has 0 saturated heterocycles. The lowest BCUT2D eigenvalue weighted by molar-refractivity contribution is -0.120. The van der Waals surface area contributed by atoms with Gasteiger partial charge in [0.05, 0.1) is 33.9 Å². The van der Waals surface area contributed by atoms with E-state index in [1.807, 2.05) is 30.3 Å². The zero-order chi connectivity index (χ0) is 25.4. The van der Waals surface area contributed by atoms with Crippen LogP contribution < -0.4 is 36.1 Å². The van der Waals surface area contributed by atoms with Crippen LogP contribution in [0.2, 0.25) is 5.02 Å². The van der Waals surface area contributed by atoms with E-state index in [9.17, 15) is 9.59 Å². The molecule has 2 amide bonds. The van der Waals surface area contributed by atoms with Gasteiger partial charge in [-0.05, 0) is 35.4 Å². The lowest BCUT2D eigenvalue weighted by Gasteiger charge is -2.23. The van der Waals surface area contributed by atoms with Crippen molar-refractivity contribution >= 4 is 29.1 Å². The number of rotatable bonds is 10. The van der Waals surface area contributed by atoms with Crippen LogP contribution in [0.5, 0.6) is 17.2 Å². The number of nitrogens with one attached hydrogen (secondary N) is 3. The number of carbonyl (C=O) groups is 2. The third-order valence-corrected chi connectivity index (χ3v) is 5.50. The molecular weight excluding hydrogens is 472 g/mol. The topological polar surface area (TPSA) is 124 Å². The number of carbonyl (C=O) groups excluding carboxylic acids is 2. The summed E-state index contributed by atoms with van der Waals surface area (Å²) in [5.74, 6) is 5.51. The van der Waals surface area contributed by atoms with Gasteiger partial charge in [-0.3, -0.25) is 20.3 Å². The van der Waals surface area contributed by atoms with Crippen LogP contribution in [0.25, 0.3) is 0 Å². The van der Waals surface area contributed by atoms with Crippen LogP contribution in [0.15, 0.2) is 60.7 Å². The minimum Gasteiger partial charge on any atom is -0.493 e. The van der Waals surface area contributed by atoms with Crippen LogP contribution in [-0.2, 0) is 4.79 Å². The fourth-order valence-corrected chi connectivity index (χ4v) is 3.77. The van der Waals surface area contributed by atoms with E-state index in [2.05, 4.69) is 16.1 Å². The second-order valence-electron chi connectivity index (χ2n) is 7.39. The zero-order valence-electron chi connectivity index (χ0n) is 19.6. The summed E-state index contributed by atoms with van der Waals surface area (Å²) in [6, 6.07) is 17.3. The molecule has 1 atom stereocenters. The van der Waals surface area contributed by atoms with Gasteiger partial charge in [0, 0.05) is 16.3 Å². The Balaban J connectivity index is 2.01. The maximum Gasteiger partial charge on any atom is 0.255 e. The van der Waals surface area contributed by atoms with E-state index in [4.69, 9.17) is 31.7 Å². The van der Waals surface area contributed by atoms with Gasteiger partial charge in [-0.25, -0.2) is 5.84 Å². The summed E-state index contributed by atoms with van der Waals surface area (Å²) >= 11 is 6.27. The molecule has 5 N–H and O–H groups in total. The number of methoxy groups -OCH3 is 3. The van der Waals surface area contributed by atoms with Gasteiger partial charge >= 0.3 is 0 Å². The molecule has 0 aliphatic carbocycles. The average Bonchev–Trinajstić information content (AvgIpc) is 2.89. The molecule has 0 bridgehead atoms. The molecule has 35 heavy (non-hydrogen) atoms. The molecule has 1 unspecified atom stereocenters. The molecule has 0 radical (unpaired) electrons. The highest BCUT2D eigenvalue weighted by atomic mass is 35.5. The SMILES string of the molecule is COc1cc(C(=O)Nc2cc(Cl)ccc2C(NCC(=O)NN)c2ccccc2)cc(OC)c1OC. The quantitative estimate of drug-likeness (QED) is 0.192. The Labute approximate surface area is 208 Å². The molecule has 9 nitrogen and oxygen atoms in total. The maximum absolute atomic E-state index is 13.3. The first-order chi connectivity index (χ1) is 16.9. The molecule has 0 spiro atoms. The molecule has 10 heteroatoms. The lowest BCUT2D eigenvalue weighted by atomic mass is 9.96. The average molecular weight is 499 g/mol.